The molecule has 5 amide bonds. The fourth-order valence-electron chi connectivity index (χ4n) is 7.32. The van der Waals surface area contributed by atoms with Gasteiger partial charge in [0.2, 0.25) is 17.7 Å². The third kappa shape index (κ3) is 9.83. The number of hydrogen-bond donors (Lipinski definition) is 5. The maximum absolute atomic E-state index is 13.2. The van der Waals surface area contributed by atoms with Gasteiger partial charge < -0.3 is 35.7 Å². The van der Waals surface area contributed by atoms with Crippen LogP contribution >= 0.6 is 0 Å². The number of ether oxygens (including phenoxy) is 3. The Hall–Kier alpha value is -6.76. The number of imide groups is 2. The van der Waals surface area contributed by atoms with Crippen molar-refractivity contribution in [2.45, 2.75) is 44.7 Å². The molecule has 318 valence electrons. The molecule has 4 heterocycles. The molecule has 2 atom stereocenters. The molecule has 6 N–H and O–H groups in total. The van der Waals surface area contributed by atoms with Gasteiger partial charge in [-0.25, -0.2) is 0 Å². The number of rotatable bonds is 19. The van der Waals surface area contributed by atoms with Crippen LogP contribution in [0.3, 0.4) is 0 Å². The predicted molar refractivity (Wildman–Crippen MR) is 222 cm³/mol. The van der Waals surface area contributed by atoms with E-state index in [1.165, 1.54) is 0 Å². The Morgan fingerprint density at radius 1 is 0.885 bits per heavy atom. The maximum atomic E-state index is 13.2. The van der Waals surface area contributed by atoms with Crippen molar-refractivity contribution in [1.29, 1.82) is 0 Å². The molecule has 18 nitrogen and oxygen atoms in total. The van der Waals surface area contributed by atoms with Crippen molar-refractivity contribution >= 4 is 41.0 Å². The number of piperidine rings is 1. The summed E-state index contributed by atoms with van der Waals surface area (Å²) < 4.78 is 18.6. The van der Waals surface area contributed by atoms with Crippen LogP contribution < -0.4 is 21.7 Å². The van der Waals surface area contributed by atoms with Crippen molar-refractivity contribution in [3.05, 3.63) is 95.3 Å². The van der Waals surface area contributed by atoms with E-state index in [-0.39, 0.29) is 47.5 Å². The summed E-state index contributed by atoms with van der Waals surface area (Å²) in [5.74, 6) is -2.00. The normalized spacial score (nSPS) is 16.8. The average Bonchev–Trinajstić information content (AvgIpc) is 3.85. The molecule has 1 saturated heterocycles. The fraction of sp³-hybridized carbons (Fsp3) is 0.349. The zero-order valence-corrected chi connectivity index (χ0v) is 33.6. The molecule has 3 aliphatic rings. The van der Waals surface area contributed by atoms with Gasteiger partial charge in [-0.3, -0.25) is 38.9 Å². The molecule has 1 fully saturated rings. The number of nitrogens with zero attached hydrogens (tertiary/aromatic N) is 5. The number of phenols is 1. The van der Waals surface area contributed by atoms with E-state index in [4.69, 9.17) is 19.9 Å². The second kappa shape index (κ2) is 19.5. The van der Waals surface area contributed by atoms with E-state index in [1.807, 2.05) is 36.0 Å². The molecular weight excluding hydrogens is 787 g/mol. The van der Waals surface area contributed by atoms with Crippen LogP contribution in [0, 0.1) is 0 Å². The number of aromatic hydroxyl groups is 1. The molecule has 61 heavy (non-hydrogen) atoms. The molecule has 1 aliphatic carbocycles. The third-order valence-corrected chi connectivity index (χ3v) is 10.6. The Morgan fingerprint density at radius 3 is 2.36 bits per heavy atom. The van der Waals surface area contributed by atoms with Gasteiger partial charge in [-0.1, -0.05) is 30.4 Å². The highest BCUT2D eigenvalue weighted by molar-refractivity contribution is 6.25. The van der Waals surface area contributed by atoms with Gasteiger partial charge in [0, 0.05) is 53.7 Å². The van der Waals surface area contributed by atoms with Gasteiger partial charge in [0.15, 0.2) is 5.82 Å². The number of nitrogens with one attached hydrogen (secondary N) is 3. The van der Waals surface area contributed by atoms with Crippen molar-refractivity contribution in [1.82, 2.24) is 35.5 Å². The predicted octanol–water partition coefficient (Wildman–Crippen LogP) is 3.18. The first-order valence-corrected chi connectivity index (χ1v) is 20.1. The fourth-order valence-corrected chi connectivity index (χ4v) is 7.32. The lowest BCUT2D eigenvalue weighted by atomic mass is 9.94. The summed E-state index contributed by atoms with van der Waals surface area (Å²) >= 11 is 0. The van der Waals surface area contributed by atoms with E-state index in [0.29, 0.717) is 93.7 Å². The minimum atomic E-state index is -1.03. The summed E-state index contributed by atoms with van der Waals surface area (Å²) in [6, 6.07) is 12.5. The standard InChI is InChI=1S/C43H47N9O9/c1-26(51-25-29(24-47-51)32-23-34(49-50-39(32)44)30-5-2-3-8-36(30)53)27-9-11-28(12-10-27)40(55)46-16-18-60-20-22-61-21-19-59-17-15-45-33-7-4-6-31-38(33)43(58)52(42(31)57)35-13-14-37(54)48-41(35)56/h2-9,11,23-26,35,45,53H,10,12-22H2,1H3,(H2,44,50)(H,46,55)(H,48,54,56). The van der Waals surface area contributed by atoms with Crippen molar-refractivity contribution in [3.8, 4) is 28.1 Å². The van der Waals surface area contributed by atoms with Gasteiger partial charge >= 0.3 is 0 Å². The van der Waals surface area contributed by atoms with Crippen molar-refractivity contribution in [3.63, 3.8) is 0 Å². The molecule has 2 unspecified atom stereocenters. The van der Waals surface area contributed by atoms with Crippen LogP contribution in [0.5, 0.6) is 5.75 Å². The van der Waals surface area contributed by atoms with Crippen LogP contribution in [-0.4, -0.2) is 118 Å². The molecule has 0 radical (unpaired) electrons. The number of carbonyl (C=O) groups excluding carboxylic acids is 5. The van der Waals surface area contributed by atoms with Gasteiger partial charge in [-0.15, -0.1) is 10.2 Å². The quantitative estimate of drug-likeness (QED) is 0.0674. The number of fused-ring (bicyclic) bond motifs is 1. The molecule has 0 spiro atoms. The number of nitrogens with two attached hydrogens (primary N) is 1. The second-order valence-corrected chi connectivity index (χ2v) is 14.6. The third-order valence-electron chi connectivity index (χ3n) is 10.6. The molecule has 2 aromatic carbocycles. The van der Waals surface area contributed by atoms with Crippen molar-refractivity contribution < 1.29 is 43.3 Å². The number of benzene rings is 2. The number of nitrogen functional groups attached to an aromatic ring is 1. The van der Waals surface area contributed by atoms with Gasteiger partial charge in [0.05, 0.1) is 68.7 Å². The summed E-state index contributed by atoms with van der Waals surface area (Å²) in [4.78, 5) is 63.9. The van der Waals surface area contributed by atoms with E-state index in [2.05, 4.69) is 31.2 Å². The molecule has 7 rings (SSSR count). The minimum absolute atomic E-state index is 0.0532. The van der Waals surface area contributed by atoms with Crippen LogP contribution in [0.2, 0.25) is 0 Å². The van der Waals surface area contributed by atoms with E-state index in [9.17, 15) is 29.1 Å². The molecule has 2 aliphatic heterocycles. The van der Waals surface area contributed by atoms with Crippen molar-refractivity contribution in [2.75, 3.05) is 63.8 Å². The lowest BCUT2D eigenvalue weighted by molar-refractivity contribution is -0.136. The van der Waals surface area contributed by atoms with Crippen LogP contribution in [-0.2, 0) is 28.6 Å². The zero-order chi connectivity index (χ0) is 42.9. The van der Waals surface area contributed by atoms with Crippen LogP contribution in [0.4, 0.5) is 11.5 Å². The number of carbonyl (C=O) groups is 5. The Bertz CT molecular complexity index is 2380. The Balaban J connectivity index is 0.752. The first-order valence-electron chi connectivity index (χ1n) is 20.1. The highest BCUT2D eigenvalue weighted by Crippen LogP contribution is 2.35. The minimum Gasteiger partial charge on any atom is -0.507 e. The molecule has 18 heteroatoms. The summed E-state index contributed by atoms with van der Waals surface area (Å²) in [6.45, 7) is 4.78. The molecule has 2 aromatic heterocycles. The van der Waals surface area contributed by atoms with E-state index in [1.54, 1.807) is 48.7 Å². The highest BCUT2D eigenvalue weighted by atomic mass is 16.5. The second-order valence-electron chi connectivity index (χ2n) is 14.6. The lowest BCUT2D eigenvalue weighted by Crippen LogP contribution is -2.54. The summed E-state index contributed by atoms with van der Waals surface area (Å²) in [5, 5.41) is 31.4. The van der Waals surface area contributed by atoms with Gasteiger partial charge in [0.25, 0.3) is 11.8 Å². The highest BCUT2D eigenvalue weighted by Gasteiger charge is 2.45. The topological polar surface area (TPSA) is 242 Å². The van der Waals surface area contributed by atoms with Gasteiger partial charge in [0.1, 0.15) is 11.8 Å². The average molecular weight is 834 g/mol. The SMILES string of the molecule is CC(C1=CC=C(C(=O)NCCOCCOCCOCCNc2cccc3c2C(=O)N(C2CCC(=O)NC2=O)C3=O)CC1)n1cc(-c2cc(-c3ccccc3O)nnc2N)cn1. The lowest BCUT2D eigenvalue weighted by Gasteiger charge is -2.27. The summed E-state index contributed by atoms with van der Waals surface area (Å²) in [5.41, 5.74) is 11.3. The van der Waals surface area contributed by atoms with Gasteiger partial charge in [-0.2, -0.15) is 5.10 Å². The Labute approximate surface area is 351 Å². The monoisotopic (exact) mass is 833 g/mol. The molecule has 0 saturated carbocycles. The number of phenolic OH excluding ortho intramolecular Hbond substituents is 1. The first-order chi connectivity index (χ1) is 29.6. The number of hydrogen-bond acceptors (Lipinski definition) is 14. The number of anilines is 2. The zero-order valence-electron chi connectivity index (χ0n) is 33.6. The first kappa shape index (κ1) is 42.4. The Kier molecular flexibility index (Phi) is 13.6. The molecular formula is C43H47N9O9. The summed E-state index contributed by atoms with van der Waals surface area (Å²) in [7, 11) is 0. The molecule has 0 bridgehead atoms. The smallest absolute Gasteiger partial charge is 0.264 e. The maximum Gasteiger partial charge on any atom is 0.264 e. The number of allylic oxidation sites excluding steroid dienone is 3. The Morgan fingerprint density at radius 2 is 1.62 bits per heavy atom. The van der Waals surface area contributed by atoms with Crippen LogP contribution in [0.1, 0.15) is 59.4 Å². The van der Waals surface area contributed by atoms with Crippen LogP contribution in [0.25, 0.3) is 22.4 Å². The number of aromatic nitrogens is 4. The number of para-hydroxylation sites is 1. The van der Waals surface area contributed by atoms with Crippen molar-refractivity contribution in [2.24, 2.45) is 0 Å². The molecule has 4 aromatic rings. The van der Waals surface area contributed by atoms with Gasteiger partial charge in [-0.05, 0) is 62.1 Å². The number of amides is 5. The van der Waals surface area contributed by atoms with E-state index < -0.39 is 29.7 Å². The van der Waals surface area contributed by atoms with E-state index in [0.717, 1.165) is 16.0 Å². The largest absolute Gasteiger partial charge is 0.507 e. The van der Waals surface area contributed by atoms with E-state index >= 15 is 0 Å². The summed E-state index contributed by atoms with van der Waals surface area (Å²) in [6.07, 6.45) is 8.87. The van der Waals surface area contributed by atoms with Crippen LogP contribution in [0.15, 0.2) is 84.2 Å².